The normalized spacial score (nSPS) is 13.2. The van der Waals surface area contributed by atoms with Gasteiger partial charge in [0.25, 0.3) is 0 Å². The van der Waals surface area contributed by atoms with Gasteiger partial charge in [0.05, 0.1) is 43.6 Å². The predicted octanol–water partition coefficient (Wildman–Crippen LogP) is 3.49. The Kier molecular flexibility index (Phi) is 5.85. The van der Waals surface area contributed by atoms with Crippen molar-refractivity contribution in [3.8, 4) is 28.6 Å². The highest BCUT2D eigenvalue weighted by atomic mass is 32.1. The lowest BCUT2D eigenvalue weighted by molar-refractivity contribution is -0.131. The van der Waals surface area contributed by atoms with E-state index in [1.807, 2.05) is 41.5 Å². The van der Waals surface area contributed by atoms with Gasteiger partial charge in [0.2, 0.25) is 11.8 Å². The Morgan fingerprint density at radius 3 is 2.83 bits per heavy atom. The van der Waals surface area contributed by atoms with Crippen molar-refractivity contribution in [1.29, 1.82) is 0 Å². The molecule has 3 heterocycles. The number of aryl methyl sites for hydroxylation is 1. The summed E-state index contributed by atoms with van der Waals surface area (Å²) in [6, 6.07) is 9.50. The molecule has 1 aliphatic rings. The molecule has 1 aromatic carbocycles. The van der Waals surface area contributed by atoms with Crippen LogP contribution in [-0.2, 0) is 17.8 Å². The second kappa shape index (κ2) is 8.71. The molecule has 0 unspecified atom stereocenters. The van der Waals surface area contributed by atoms with E-state index in [0.29, 0.717) is 37.1 Å². The van der Waals surface area contributed by atoms with Crippen molar-refractivity contribution >= 4 is 17.2 Å². The second-order valence-electron chi connectivity index (χ2n) is 6.93. The van der Waals surface area contributed by atoms with Gasteiger partial charge in [-0.1, -0.05) is 6.07 Å². The van der Waals surface area contributed by atoms with E-state index in [1.54, 1.807) is 31.6 Å². The summed E-state index contributed by atoms with van der Waals surface area (Å²) in [4.78, 5) is 23.6. The van der Waals surface area contributed by atoms with Crippen LogP contribution < -0.4 is 14.2 Å². The molecule has 3 aromatic rings. The van der Waals surface area contributed by atoms with Crippen molar-refractivity contribution in [3.05, 3.63) is 52.0 Å². The molecule has 0 saturated carbocycles. The Morgan fingerprint density at radius 1 is 1.23 bits per heavy atom. The quantitative estimate of drug-likeness (QED) is 0.623. The highest BCUT2D eigenvalue weighted by Crippen LogP contribution is 2.38. The Balaban J connectivity index is 1.64. The number of hydrogen-bond acceptors (Lipinski definition) is 7. The van der Waals surface area contributed by atoms with E-state index in [4.69, 9.17) is 14.2 Å². The van der Waals surface area contributed by atoms with Crippen LogP contribution in [0.5, 0.6) is 17.4 Å². The van der Waals surface area contributed by atoms with E-state index in [-0.39, 0.29) is 12.3 Å². The van der Waals surface area contributed by atoms with Crippen LogP contribution in [0.15, 0.2) is 35.7 Å². The highest BCUT2D eigenvalue weighted by Gasteiger charge is 2.24. The van der Waals surface area contributed by atoms with Crippen molar-refractivity contribution in [3.63, 3.8) is 0 Å². The number of ether oxygens (including phenoxy) is 3. The summed E-state index contributed by atoms with van der Waals surface area (Å²) in [5.41, 5.74) is 3.32. The van der Waals surface area contributed by atoms with E-state index in [0.717, 1.165) is 27.5 Å². The van der Waals surface area contributed by atoms with E-state index in [9.17, 15) is 4.79 Å². The average molecular weight is 426 g/mol. The van der Waals surface area contributed by atoms with Crippen molar-refractivity contribution in [2.24, 2.45) is 0 Å². The molecule has 0 aliphatic carbocycles. The number of thiazole rings is 1. The number of aromatic nitrogens is 2. The Hall–Kier alpha value is -3.13. The number of amides is 1. The zero-order valence-corrected chi connectivity index (χ0v) is 18.0. The van der Waals surface area contributed by atoms with Crippen LogP contribution in [0.4, 0.5) is 0 Å². The lowest BCUT2D eigenvalue weighted by Crippen LogP contribution is -2.33. The van der Waals surface area contributed by atoms with Crippen LogP contribution in [0.1, 0.15) is 16.3 Å². The molecule has 156 valence electrons. The van der Waals surface area contributed by atoms with E-state index >= 15 is 0 Å². The first-order chi connectivity index (χ1) is 14.6. The van der Waals surface area contributed by atoms with Gasteiger partial charge in [0, 0.05) is 29.1 Å². The topological polar surface area (TPSA) is 73.8 Å². The lowest BCUT2D eigenvalue weighted by atomic mass is 10.0. The van der Waals surface area contributed by atoms with Gasteiger partial charge in [-0.3, -0.25) is 4.79 Å². The van der Waals surface area contributed by atoms with E-state index in [1.165, 1.54) is 0 Å². The second-order valence-corrected chi connectivity index (χ2v) is 7.99. The van der Waals surface area contributed by atoms with Crippen LogP contribution in [-0.4, -0.2) is 48.1 Å². The van der Waals surface area contributed by atoms with Gasteiger partial charge in [-0.05, 0) is 25.1 Å². The standard InChI is InChI=1S/C22H23N3O4S/c1-14-23-17(13-30-14)11-21(26)25-7-8-29-22-16(12-25)9-15(10-19(22)27-2)18-5-4-6-20(24-18)28-3/h4-6,9-10,13H,7-8,11-12H2,1-3H3. The zero-order chi connectivity index (χ0) is 21.1. The maximum absolute atomic E-state index is 12.9. The number of carbonyl (C=O) groups excluding carboxylic acids is 1. The van der Waals surface area contributed by atoms with Crippen LogP contribution in [0.2, 0.25) is 0 Å². The first-order valence-corrected chi connectivity index (χ1v) is 10.5. The number of hydrogen-bond donors (Lipinski definition) is 0. The maximum Gasteiger partial charge on any atom is 0.229 e. The van der Waals surface area contributed by atoms with Crippen molar-refractivity contribution < 1.29 is 19.0 Å². The number of nitrogens with zero attached hydrogens (tertiary/aromatic N) is 3. The monoisotopic (exact) mass is 425 g/mol. The van der Waals surface area contributed by atoms with Gasteiger partial charge in [-0.2, -0.15) is 0 Å². The van der Waals surface area contributed by atoms with Crippen molar-refractivity contribution in [1.82, 2.24) is 14.9 Å². The largest absolute Gasteiger partial charge is 0.493 e. The third-order valence-corrected chi connectivity index (χ3v) is 5.72. The highest BCUT2D eigenvalue weighted by molar-refractivity contribution is 7.09. The minimum Gasteiger partial charge on any atom is -0.493 e. The number of pyridine rings is 1. The Bertz CT molecular complexity index is 1070. The molecule has 0 spiro atoms. The molecule has 0 atom stereocenters. The molecule has 0 radical (unpaired) electrons. The summed E-state index contributed by atoms with van der Waals surface area (Å²) in [6.07, 6.45) is 0.286. The van der Waals surface area contributed by atoms with E-state index < -0.39 is 0 Å². The summed E-state index contributed by atoms with van der Waals surface area (Å²) in [6.45, 7) is 3.29. The number of benzene rings is 1. The summed E-state index contributed by atoms with van der Waals surface area (Å²) < 4.78 is 16.8. The molecule has 1 amide bonds. The van der Waals surface area contributed by atoms with Crippen LogP contribution in [0.25, 0.3) is 11.3 Å². The predicted molar refractivity (Wildman–Crippen MR) is 114 cm³/mol. The number of fused-ring (bicyclic) bond motifs is 1. The number of rotatable bonds is 5. The molecular weight excluding hydrogens is 402 g/mol. The fourth-order valence-corrected chi connectivity index (χ4v) is 4.05. The van der Waals surface area contributed by atoms with Crippen molar-refractivity contribution in [2.75, 3.05) is 27.4 Å². The third kappa shape index (κ3) is 4.23. The molecule has 2 aromatic heterocycles. The van der Waals surface area contributed by atoms with E-state index in [2.05, 4.69) is 9.97 Å². The summed E-state index contributed by atoms with van der Waals surface area (Å²) in [7, 11) is 3.20. The summed E-state index contributed by atoms with van der Waals surface area (Å²) in [5.74, 6) is 1.86. The molecule has 0 fully saturated rings. The van der Waals surface area contributed by atoms with Crippen LogP contribution >= 0.6 is 11.3 Å². The minimum atomic E-state index is 0.0284. The molecule has 0 bridgehead atoms. The van der Waals surface area contributed by atoms with Gasteiger partial charge in [0.15, 0.2) is 11.5 Å². The SMILES string of the molecule is COc1cccc(-c2cc3c(c(OC)c2)OCCN(C(=O)Cc2csc(C)n2)C3)n1. The van der Waals surface area contributed by atoms with Gasteiger partial charge in [-0.25, -0.2) is 9.97 Å². The van der Waals surface area contributed by atoms with Gasteiger partial charge in [-0.15, -0.1) is 11.3 Å². The Morgan fingerprint density at radius 2 is 2.10 bits per heavy atom. The molecule has 1 aliphatic heterocycles. The number of methoxy groups -OCH3 is 2. The first-order valence-electron chi connectivity index (χ1n) is 9.61. The molecular formula is C22H23N3O4S. The maximum atomic E-state index is 12.9. The zero-order valence-electron chi connectivity index (χ0n) is 17.2. The van der Waals surface area contributed by atoms with Crippen molar-refractivity contribution in [2.45, 2.75) is 19.9 Å². The molecule has 7 nitrogen and oxygen atoms in total. The fourth-order valence-electron chi connectivity index (χ4n) is 3.44. The fraction of sp³-hybridized carbons (Fsp3) is 0.318. The van der Waals surface area contributed by atoms with Gasteiger partial charge >= 0.3 is 0 Å². The minimum absolute atomic E-state index is 0.0284. The molecule has 8 heteroatoms. The Labute approximate surface area is 179 Å². The smallest absolute Gasteiger partial charge is 0.229 e. The summed E-state index contributed by atoms with van der Waals surface area (Å²) in [5, 5.41) is 2.90. The van der Waals surface area contributed by atoms with Crippen LogP contribution in [0, 0.1) is 6.92 Å². The molecule has 0 saturated heterocycles. The number of carbonyl (C=O) groups is 1. The first kappa shape index (κ1) is 20.2. The summed E-state index contributed by atoms with van der Waals surface area (Å²) >= 11 is 1.55. The average Bonchev–Trinajstić information content (AvgIpc) is 3.04. The van der Waals surface area contributed by atoms with Gasteiger partial charge < -0.3 is 19.1 Å². The van der Waals surface area contributed by atoms with Crippen LogP contribution in [0.3, 0.4) is 0 Å². The molecule has 0 N–H and O–H groups in total. The third-order valence-electron chi connectivity index (χ3n) is 4.90. The molecule has 4 rings (SSSR count). The molecule has 30 heavy (non-hydrogen) atoms. The van der Waals surface area contributed by atoms with Gasteiger partial charge in [0.1, 0.15) is 6.61 Å². The lowest BCUT2D eigenvalue weighted by Gasteiger charge is -2.20.